The second-order valence-corrected chi connectivity index (χ2v) is 4.11. The summed E-state index contributed by atoms with van der Waals surface area (Å²) in [6.07, 6.45) is 1.44. The van der Waals surface area contributed by atoms with Crippen LogP contribution < -0.4 is 5.56 Å². The van der Waals surface area contributed by atoms with E-state index in [1.807, 2.05) is 31.2 Å². The van der Waals surface area contributed by atoms with Gasteiger partial charge in [-0.3, -0.25) is 9.36 Å². The van der Waals surface area contributed by atoms with Gasteiger partial charge in [0.05, 0.1) is 6.20 Å². The molecule has 0 unspecified atom stereocenters. The molecule has 0 bridgehead atoms. The van der Waals surface area contributed by atoms with Crippen LogP contribution in [0.3, 0.4) is 0 Å². The molecule has 5 heteroatoms. The first-order valence-corrected chi connectivity index (χ1v) is 5.35. The zero-order chi connectivity index (χ0) is 11.7. The lowest BCUT2D eigenvalue weighted by Gasteiger charge is -2.06. The van der Waals surface area contributed by atoms with Gasteiger partial charge in [0.2, 0.25) is 0 Å². The molecule has 16 heavy (non-hydrogen) atoms. The van der Waals surface area contributed by atoms with Crippen molar-refractivity contribution in [2.24, 2.45) is 0 Å². The standard InChI is InChI=1S/C11H8Cl2N2O/c1-7-2-4-8(5-3-7)15-6-9(12)14-10(13)11(15)16/h2-6H,1H3. The van der Waals surface area contributed by atoms with Gasteiger partial charge in [0.15, 0.2) is 5.15 Å². The molecular formula is C11H8Cl2N2O. The summed E-state index contributed by atoms with van der Waals surface area (Å²) in [5, 5.41) is 0.0539. The fourth-order valence-electron chi connectivity index (χ4n) is 1.33. The minimum Gasteiger partial charge on any atom is -0.279 e. The van der Waals surface area contributed by atoms with Gasteiger partial charge >= 0.3 is 0 Å². The van der Waals surface area contributed by atoms with E-state index in [0.29, 0.717) is 5.69 Å². The average molecular weight is 255 g/mol. The van der Waals surface area contributed by atoms with Crippen molar-refractivity contribution < 1.29 is 0 Å². The fraction of sp³-hybridized carbons (Fsp3) is 0.0909. The highest BCUT2D eigenvalue weighted by Gasteiger charge is 2.06. The van der Waals surface area contributed by atoms with E-state index in [2.05, 4.69) is 4.98 Å². The minimum absolute atomic E-state index is 0.131. The van der Waals surface area contributed by atoms with Crippen LogP contribution in [0.4, 0.5) is 0 Å². The zero-order valence-electron chi connectivity index (χ0n) is 8.45. The predicted molar refractivity (Wildman–Crippen MR) is 64.6 cm³/mol. The van der Waals surface area contributed by atoms with E-state index in [1.54, 1.807) is 0 Å². The number of hydrogen-bond acceptors (Lipinski definition) is 2. The van der Waals surface area contributed by atoms with Crippen LogP contribution in [0.5, 0.6) is 0 Å². The Labute approximate surface area is 102 Å². The van der Waals surface area contributed by atoms with E-state index in [9.17, 15) is 4.79 Å². The number of rotatable bonds is 1. The van der Waals surface area contributed by atoms with Gasteiger partial charge < -0.3 is 0 Å². The first-order valence-electron chi connectivity index (χ1n) is 4.59. The summed E-state index contributed by atoms with van der Waals surface area (Å²) in [5.41, 5.74) is 1.44. The van der Waals surface area contributed by atoms with Crippen LogP contribution in [0.15, 0.2) is 35.3 Å². The lowest BCUT2D eigenvalue weighted by atomic mass is 10.2. The smallest absolute Gasteiger partial charge is 0.279 e. The third kappa shape index (κ3) is 2.10. The van der Waals surface area contributed by atoms with Gasteiger partial charge in [0.25, 0.3) is 5.56 Å². The maximum absolute atomic E-state index is 11.7. The molecule has 0 fully saturated rings. The van der Waals surface area contributed by atoms with Gasteiger partial charge in [-0.2, -0.15) is 0 Å². The Kier molecular flexibility index (Phi) is 2.99. The quantitative estimate of drug-likeness (QED) is 0.785. The summed E-state index contributed by atoms with van der Waals surface area (Å²) in [4.78, 5) is 15.4. The van der Waals surface area contributed by atoms with Crippen molar-refractivity contribution in [2.45, 2.75) is 6.92 Å². The molecule has 82 valence electrons. The van der Waals surface area contributed by atoms with E-state index < -0.39 is 0 Å². The van der Waals surface area contributed by atoms with Crippen LogP contribution in [0.2, 0.25) is 10.3 Å². The Bertz CT molecular complexity index is 576. The topological polar surface area (TPSA) is 34.9 Å². The Balaban J connectivity index is 2.64. The average Bonchev–Trinajstić information content (AvgIpc) is 2.25. The highest BCUT2D eigenvalue weighted by molar-refractivity contribution is 6.32. The summed E-state index contributed by atoms with van der Waals surface area (Å²) in [6.45, 7) is 1.97. The molecule has 2 aromatic rings. The molecule has 0 atom stereocenters. The molecular weight excluding hydrogens is 247 g/mol. The van der Waals surface area contributed by atoms with Crippen LogP contribution in [0.1, 0.15) is 5.56 Å². The van der Waals surface area contributed by atoms with Crippen LogP contribution >= 0.6 is 23.2 Å². The predicted octanol–water partition coefficient (Wildman–Crippen LogP) is 2.85. The molecule has 0 N–H and O–H groups in total. The number of halogens is 2. The fourth-order valence-corrected chi connectivity index (χ4v) is 1.74. The lowest BCUT2D eigenvalue weighted by molar-refractivity contribution is 0.956. The highest BCUT2D eigenvalue weighted by Crippen LogP contribution is 2.11. The van der Waals surface area contributed by atoms with Crippen LogP contribution in [-0.4, -0.2) is 9.55 Å². The molecule has 1 aromatic carbocycles. The van der Waals surface area contributed by atoms with E-state index in [4.69, 9.17) is 23.2 Å². The molecule has 0 saturated heterocycles. The maximum atomic E-state index is 11.7. The molecule has 3 nitrogen and oxygen atoms in total. The van der Waals surface area contributed by atoms with Crippen LogP contribution in [-0.2, 0) is 0 Å². The van der Waals surface area contributed by atoms with Crippen LogP contribution in [0, 0.1) is 6.92 Å². The zero-order valence-corrected chi connectivity index (χ0v) is 9.96. The summed E-state index contributed by atoms with van der Waals surface area (Å²) < 4.78 is 1.37. The third-order valence-electron chi connectivity index (χ3n) is 2.15. The van der Waals surface area contributed by atoms with Gasteiger partial charge in [-0.15, -0.1) is 0 Å². The monoisotopic (exact) mass is 254 g/mol. The molecule has 2 rings (SSSR count). The largest absolute Gasteiger partial charge is 0.292 e. The van der Waals surface area contributed by atoms with Crippen molar-refractivity contribution in [3.05, 3.63) is 56.7 Å². The second-order valence-electron chi connectivity index (χ2n) is 3.37. The number of benzene rings is 1. The molecule has 0 aliphatic heterocycles. The second kappa shape index (κ2) is 4.28. The Morgan fingerprint density at radius 3 is 2.44 bits per heavy atom. The Morgan fingerprint density at radius 2 is 1.81 bits per heavy atom. The third-order valence-corrected chi connectivity index (χ3v) is 2.58. The van der Waals surface area contributed by atoms with Crippen molar-refractivity contribution in [1.82, 2.24) is 9.55 Å². The van der Waals surface area contributed by atoms with Gasteiger partial charge in [0, 0.05) is 5.69 Å². The molecule has 0 spiro atoms. The van der Waals surface area contributed by atoms with Gasteiger partial charge in [-0.05, 0) is 19.1 Å². The van der Waals surface area contributed by atoms with Crippen molar-refractivity contribution >= 4 is 23.2 Å². The van der Waals surface area contributed by atoms with Gasteiger partial charge in [-0.25, -0.2) is 4.98 Å². The Hall–Kier alpha value is -1.32. The van der Waals surface area contributed by atoms with E-state index >= 15 is 0 Å². The number of nitrogens with zero attached hydrogens (tertiary/aromatic N) is 2. The number of aryl methyl sites for hydroxylation is 1. The molecule has 1 heterocycles. The molecule has 1 aromatic heterocycles. The molecule has 0 radical (unpaired) electrons. The van der Waals surface area contributed by atoms with Crippen molar-refractivity contribution in [3.8, 4) is 5.69 Å². The molecule has 0 aliphatic rings. The lowest BCUT2D eigenvalue weighted by Crippen LogP contribution is -2.19. The van der Waals surface area contributed by atoms with Crippen molar-refractivity contribution in [3.63, 3.8) is 0 Å². The van der Waals surface area contributed by atoms with Crippen molar-refractivity contribution in [2.75, 3.05) is 0 Å². The summed E-state index contributed by atoms with van der Waals surface area (Å²) in [6, 6.07) is 7.46. The first kappa shape index (κ1) is 11.2. The summed E-state index contributed by atoms with van der Waals surface area (Å²) in [5.74, 6) is 0. The number of hydrogen-bond donors (Lipinski definition) is 0. The first-order chi connectivity index (χ1) is 7.58. The summed E-state index contributed by atoms with van der Waals surface area (Å²) >= 11 is 11.4. The summed E-state index contributed by atoms with van der Waals surface area (Å²) in [7, 11) is 0. The maximum Gasteiger partial charge on any atom is 0.292 e. The minimum atomic E-state index is -0.380. The van der Waals surface area contributed by atoms with Crippen LogP contribution in [0.25, 0.3) is 5.69 Å². The van der Waals surface area contributed by atoms with E-state index in [0.717, 1.165) is 5.56 Å². The van der Waals surface area contributed by atoms with E-state index in [1.165, 1.54) is 10.8 Å². The normalized spacial score (nSPS) is 10.4. The van der Waals surface area contributed by atoms with Gasteiger partial charge in [-0.1, -0.05) is 40.9 Å². The van der Waals surface area contributed by atoms with E-state index in [-0.39, 0.29) is 15.9 Å². The highest BCUT2D eigenvalue weighted by atomic mass is 35.5. The number of aromatic nitrogens is 2. The molecule has 0 saturated carbocycles. The SMILES string of the molecule is Cc1ccc(-n2cc(Cl)nc(Cl)c2=O)cc1. The molecule has 0 aliphatic carbocycles. The Morgan fingerprint density at radius 1 is 1.19 bits per heavy atom. The van der Waals surface area contributed by atoms with Crippen molar-refractivity contribution in [1.29, 1.82) is 0 Å². The molecule has 0 amide bonds. The van der Waals surface area contributed by atoms with Gasteiger partial charge in [0.1, 0.15) is 5.15 Å².